The molecule has 0 atom stereocenters. The van der Waals surface area contributed by atoms with Gasteiger partial charge in [0.05, 0.1) is 11.5 Å². The highest BCUT2D eigenvalue weighted by molar-refractivity contribution is 9.10. The van der Waals surface area contributed by atoms with Crippen molar-refractivity contribution < 1.29 is 17.9 Å². The van der Waals surface area contributed by atoms with E-state index >= 15 is 0 Å². The van der Waals surface area contributed by atoms with Gasteiger partial charge in [-0.15, -0.1) is 0 Å². The van der Waals surface area contributed by atoms with Gasteiger partial charge in [0.2, 0.25) is 0 Å². The van der Waals surface area contributed by atoms with Crippen molar-refractivity contribution in [2.75, 3.05) is 6.61 Å². The summed E-state index contributed by atoms with van der Waals surface area (Å²) >= 11 is 9.48. The Morgan fingerprint density at radius 1 is 1.09 bits per heavy atom. The third kappa shape index (κ3) is 6.37. The van der Waals surface area contributed by atoms with E-state index in [9.17, 15) is 13.2 Å². The van der Waals surface area contributed by atoms with Crippen LogP contribution in [0.25, 0.3) is 11.1 Å². The zero-order chi connectivity index (χ0) is 24.2. The van der Waals surface area contributed by atoms with E-state index < -0.39 is 15.9 Å². The standard InChI is InChI=1S/C25H25BrClNO4S/c1-4-32-24-11-9-20(27)15-23(24)17-8-10-22(18(13-17)12-16(2)3)25(29)28-33(30,31)21-7-5-6-19(26)14-21/h5-11,13-16H,4,12H2,1-3H3,(H,28,29). The maximum atomic E-state index is 13.0. The second-order valence-electron chi connectivity index (χ2n) is 7.94. The Kier molecular flexibility index (Phi) is 8.21. The average molecular weight is 551 g/mol. The van der Waals surface area contributed by atoms with Crippen LogP contribution in [0.3, 0.4) is 0 Å². The molecule has 0 spiro atoms. The van der Waals surface area contributed by atoms with Crippen molar-refractivity contribution in [1.82, 2.24) is 4.72 Å². The third-order valence-corrected chi connectivity index (χ3v) is 6.92. The van der Waals surface area contributed by atoms with Crippen LogP contribution in [0.15, 0.2) is 70.0 Å². The summed E-state index contributed by atoms with van der Waals surface area (Å²) in [6.45, 7) is 6.48. The first-order valence-corrected chi connectivity index (χ1v) is 13.1. The summed E-state index contributed by atoms with van der Waals surface area (Å²) in [5, 5.41) is 0.570. The van der Waals surface area contributed by atoms with Gasteiger partial charge in [0.25, 0.3) is 15.9 Å². The largest absolute Gasteiger partial charge is 0.493 e. The molecule has 8 heteroatoms. The molecule has 3 aromatic carbocycles. The molecule has 1 N–H and O–H groups in total. The Morgan fingerprint density at radius 3 is 2.52 bits per heavy atom. The van der Waals surface area contributed by atoms with Gasteiger partial charge in [0.15, 0.2) is 0 Å². The van der Waals surface area contributed by atoms with Gasteiger partial charge in [-0.1, -0.05) is 59.6 Å². The zero-order valence-corrected chi connectivity index (χ0v) is 21.7. The van der Waals surface area contributed by atoms with E-state index in [0.29, 0.717) is 33.8 Å². The van der Waals surface area contributed by atoms with Crippen LogP contribution in [0.4, 0.5) is 0 Å². The molecule has 33 heavy (non-hydrogen) atoms. The molecule has 174 valence electrons. The van der Waals surface area contributed by atoms with Crippen LogP contribution in [-0.2, 0) is 16.4 Å². The number of hydrogen-bond acceptors (Lipinski definition) is 4. The molecule has 5 nitrogen and oxygen atoms in total. The van der Waals surface area contributed by atoms with Crippen LogP contribution in [0.1, 0.15) is 36.7 Å². The summed E-state index contributed by atoms with van der Waals surface area (Å²) in [6, 6.07) is 16.9. The van der Waals surface area contributed by atoms with Crippen molar-refractivity contribution in [3.63, 3.8) is 0 Å². The van der Waals surface area contributed by atoms with Gasteiger partial charge in [0, 0.05) is 20.6 Å². The van der Waals surface area contributed by atoms with E-state index in [1.807, 2.05) is 39.0 Å². The van der Waals surface area contributed by atoms with Gasteiger partial charge >= 0.3 is 0 Å². The van der Waals surface area contributed by atoms with E-state index in [1.165, 1.54) is 12.1 Å². The quantitative estimate of drug-likeness (QED) is 0.348. The predicted octanol–water partition coefficient (Wildman–Crippen LogP) is 6.49. The first-order valence-electron chi connectivity index (χ1n) is 10.5. The van der Waals surface area contributed by atoms with Crippen molar-refractivity contribution in [2.24, 2.45) is 5.92 Å². The molecule has 0 aromatic heterocycles. The normalized spacial score (nSPS) is 11.5. The number of ether oxygens (including phenoxy) is 1. The molecular weight excluding hydrogens is 526 g/mol. The maximum absolute atomic E-state index is 13.0. The van der Waals surface area contributed by atoms with Gasteiger partial charge in [-0.2, -0.15) is 0 Å². The highest BCUT2D eigenvalue weighted by atomic mass is 79.9. The van der Waals surface area contributed by atoms with E-state index in [-0.39, 0.29) is 10.8 Å². The molecule has 3 aromatic rings. The van der Waals surface area contributed by atoms with Crippen molar-refractivity contribution in [3.05, 3.63) is 81.3 Å². The number of nitrogens with one attached hydrogen (secondary N) is 1. The van der Waals surface area contributed by atoms with Crippen LogP contribution < -0.4 is 9.46 Å². The van der Waals surface area contributed by atoms with Crippen LogP contribution in [0, 0.1) is 5.92 Å². The summed E-state index contributed by atoms with van der Waals surface area (Å²) in [5.41, 5.74) is 2.70. The van der Waals surface area contributed by atoms with Gasteiger partial charge in [-0.3, -0.25) is 4.79 Å². The molecule has 0 unspecified atom stereocenters. The average Bonchev–Trinajstić information content (AvgIpc) is 2.74. The summed E-state index contributed by atoms with van der Waals surface area (Å²) in [6.07, 6.45) is 0.595. The number of carbonyl (C=O) groups excluding carboxylic acids is 1. The minimum Gasteiger partial charge on any atom is -0.493 e. The van der Waals surface area contributed by atoms with Crippen LogP contribution >= 0.6 is 27.5 Å². The molecule has 3 rings (SSSR count). The molecule has 0 aliphatic rings. The number of rotatable bonds is 8. The van der Waals surface area contributed by atoms with Crippen molar-refractivity contribution in [1.29, 1.82) is 0 Å². The first kappa shape index (κ1) is 25.3. The van der Waals surface area contributed by atoms with Crippen molar-refractivity contribution in [3.8, 4) is 16.9 Å². The maximum Gasteiger partial charge on any atom is 0.265 e. The molecule has 0 radical (unpaired) electrons. The lowest BCUT2D eigenvalue weighted by Gasteiger charge is -2.16. The zero-order valence-electron chi connectivity index (χ0n) is 18.6. The Morgan fingerprint density at radius 2 is 1.85 bits per heavy atom. The second-order valence-corrected chi connectivity index (χ2v) is 11.0. The molecule has 0 saturated carbocycles. The number of sulfonamides is 1. The number of halogens is 2. The smallest absolute Gasteiger partial charge is 0.265 e. The number of benzene rings is 3. The van der Waals surface area contributed by atoms with E-state index in [0.717, 1.165) is 16.7 Å². The molecular formula is C25H25BrClNO4S. The van der Waals surface area contributed by atoms with Crippen LogP contribution in [0.2, 0.25) is 5.02 Å². The summed E-state index contributed by atoms with van der Waals surface area (Å²) < 4.78 is 34.1. The Balaban J connectivity index is 2.01. The lowest BCUT2D eigenvalue weighted by atomic mass is 9.93. The Labute approximate surface area is 208 Å². The molecule has 0 aliphatic heterocycles. The summed E-state index contributed by atoms with van der Waals surface area (Å²) in [7, 11) is -4.02. The minimum atomic E-state index is -4.02. The SMILES string of the molecule is CCOc1ccc(Cl)cc1-c1ccc(C(=O)NS(=O)(=O)c2cccc(Br)c2)c(CC(C)C)c1. The second kappa shape index (κ2) is 10.7. The molecule has 0 fully saturated rings. The fraction of sp³-hybridized carbons (Fsp3) is 0.240. The number of carbonyl (C=O) groups is 1. The van der Waals surface area contributed by atoms with Gasteiger partial charge < -0.3 is 4.74 Å². The van der Waals surface area contributed by atoms with Crippen LogP contribution in [-0.4, -0.2) is 20.9 Å². The van der Waals surface area contributed by atoms with E-state index in [2.05, 4.69) is 20.7 Å². The minimum absolute atomic E-state index is 0.00698. The number of amides is 1. The predicted molar refractivity (Wildman–Crippen MR) is 135 cm³/mol. The lowest BCUT2D eigenvalue weighted by molar-refractivity contribution is 0.0980. The Hall–Kier alpha value is -2.35. The lowest BCUT2D eigenvalue weighted by Crippen LogP contribution is -2.31. The topological polar surface area (TPSA) is 72.5 Å². The van der Waals surface area contributed by atoms with Crippen molar-refractivity contribution in [2.45, 2.75) is 32.1 Å². The monoisotopic (exact) mass is 549 g/mol. The highest BCUT2D eigenvalue weighted by Crippen LogP contribution is 2.34. The fourth-order valence-corrected chi connectivity index (χ4v) is 5.21. The third-order valence-electron chi connectivity index (χ3n) is 4.86. The molecule has 0 saturated heterocycles. The molecule has 1 amide bonds. The van der Waals surface area contributed by atoms with Gasteiger partial charge in [0.1, 0.15) is 5.75 Å². The summed E-state index contributed by atoms with van der Waals surface area (Å²) in [5.74, 6) is 0.263. The summed E-state index contributed by atoms with van der Waals surface area (Å²) in [4.78, 5) is 13.1. The molecule has 0 aliphatic carbocycles. The molecule has 0 heterocycles. The Bertz CT molecular complexity index is 1280. The van der Waals surface area contributed by atoms with E-state index in [4.69, 9.17) is 16.3 Å². The first-order chi connectivity index (χ1) is 15.6. The number of hydrogen-bond donors (Lipinski definition) is 1. The fourth-order valence-electron chi connectivity index (χ4n) is 3.47. The van der Waals surface area contributed by atoms with Crippen molar-refractivity contribution >= 4 is 43.5 Å². The highest BCUT2D eigenvalue weighted by Gasteiger charge is 2.22. The van der Waals surface area contributed by atoms with Crippen LogP contribution in [0.5, 0.6) is 5.75 Å². The van der Waals surface area contributed by atoms with Gasteiger partial charge in [-0.25, -0.2) is 13.1 Å². The van der Waals surface area contributed by atoms with E-state index in [1.54, 1.807) is 30.3 Å². The molecule has 0 bridgehead atoms. The van der Waals surface area contributed by atoms with Gasteiger partial charge in [-0.05, 0) is 72.9 Å².